The lowest BCUT2D eigenvalue weighted by Crippen LogP contribution is -1.97. The first-order valence-corrected chi connectivity index (χ1v) is 4.30. The van der Waals surface area contributed by atoms with E-state index in [9.17, 15) is 4.79 Å². The van der Waals surface area contributed by atoms with Gasteiger partial charge in [-0.15, -0.1) is 0 Å². The van der Waals surface area contributed by atoms with Gasteiger partial charge in [0.15, 0.2) is 5.78 Å². The number of ketones is 1. The highest BCUT2D eigenvalue weighted by Gasteiger charge is 2.23. The second-order valence-corrected chi connectivity index (χ2v) is 3.32. The van der Waals surface area contributed by atoms with Gasteiger partial charge in [0, 0.05) is 12.0 Å². The van der Waals surface area contributed by atoms with Crippen molar-refractivity contribution in [3.63, 3.8) is 0 Å². The molecule has 64 valence electrons. The second kappa shape index (κ2) is 2.70. The summed E-state index contributed by atoms with van der Waals surface area (Å²) in [4.78, 5) is 11.4. The molecule has 0 amide bonds. The van der Waals surface area contributed by atoms with Crippen molar-refractivity contribution in [3.05, 3.63) is 34.4 Å². The summed E-state index contributed by atoms with van der Waals surface area (Å²) >= 11 is 0. The number of fused-ring (bicyclic) bond motifs is 1. The molecule has 0 N–H and O–H groups in total. The summed E-state index contributed by atoms with van der Waals surface area (Å²) in [5.41, 5.74) is 3.40. The Morgan fingerprint density at radius 3 is 2.85 bits per heavy atom. The van der Waals surface area contributed by atoms with Crippen molar-refractivity contribution in [1.82, 2.24) is 0 Å². The highest BCUT2D eigenvalue weighted by molar-refractivity contribution is 6.02. The monoisotopic (exact) mass is 171 g/mol. The molecule has 0 unspecified atom stereocenters. The molecule has 2 nitrogen and oxygen atoms in total. The number of carbonyl (C=O) groups excluding carboxylic acids is 1. The standard InChI is InChI=1S/C11H9NO/c1-7-2-3-8(6-12)11-9(7)4-5-10(11)13/h2-3H,4-5H2,1H3. The van der Waals surface area contributed by atoms with Gasteiger partial charge in [-0.2, -0.15) is 5.26 Å². The third-order valence-corrected chi connectivity index (χ3v) is 2.55. The van der Waals surface area contributed by atoms with Gasteiger partial charge in [0.2, 0.25) is 0 Å². The van der Waals surface area contributed by atoms with Crippen LogP contribution in [0.3, 0.4) is 0 Å². The van der Waals surface area contributed by atoms with E-state index in [-0.39, 0.29) is 5.78 Å². The molecule has 1 aliphatic rings. The Kier molecular flexibility index (Phi) is 1.66. The Bertz CT molecular complexity index is 426. The first kappa shape index (κ1) is 8.00. The first-order valence-electron chi connectivity index (χ1n) is 4.30. The van der Waals surface area contributed by atoms with E-state index in [1.165, 1.54) is 0 Å². The SMILES string of the molecule is Cc1ccc(C#N)c2c1CCC2=O. The number of nitrogens with zero attached hydrogens (tertiary/aromatic N) is 1. The molecule has 0 spiro atoms. The van der Waals surface area contributed by atoms with Crippen molar-refractivity contribution in [3.8, 4) is 6.07 Å². The molecule has 2 rings (SSSR count). The molecule has 0 saturated carbocycles. The molecule has 1 aromatic carbocycles. The molecule has 0 atom stereocenters. The number of benzene rings is 1. The molecule has 1 aromatic rings. The van der Waals surface area contributed by atoms with Crippen molar-refractivity contribution in [2.75, 3.05) is 0 Å². The van der Waals surface area contributed by atoms with Crippen LogP contribution in [0.25, 0.3) is 0 Å². The predicted octanol–water partition coefficient (Wildman–Crippen LogP) is 2.00. The second-order valence-electron chi connectivity index (χ2n) is 3.32. The summed E-state index contributed by atoms with van der Waals surface area (Å²) in [7, 11) is 0. The Balaban J connectivity index is 2.75. The quantitative estimate of drug-likeness (QED) is 0.599. The zero-order valence-corrected chi connectivity index (χ0v) is 7.42. The lowest BCUT2D eigenvalue weighted by atomic mass is 9.99. The minimum atomic E-state index is 0.121. The highest BCUT2D eigenvalue weighted by atomic mass is 16.1. The van der Waals surface area contributed by atoms with Crippen LogP contribution in [0.1, 0.15) is 33.5 Å². The fraction of sp³-hybridized carbons (Fsp3) is 0.273. The molecule has 13 heavy (non-hydrogen) atoms. The fourth-order valence-electron chi connectivity index (χ4n) is 1.85. The molecule has 0 heterocycles. The third-order valence-electron chi connectivity index (χ3n) is 2.55. The number of Topliss-reactive ketones (excluding diaryl/α,β-unsaturated/α-hetero) is 1. The van der Waals surface area contributed by atoms with Crippen LogP contribution in [0, 0.1) is 18.3 Å². The van der Waals surface area contributed by atoms with Crippen LogP contribution in [0.4, 0.5) is 0 Å². The van der Waals surface area contributed by atoms with E-state index in [1.54, 1.807) is 6.07 Å². The maximum atomic E-state index is 11.4. The lowest BCUT2D eigenvalue weighted by molar-refractivity contribution is 0.0994. The Morgan fingerprint density at radius 1 is 1.38 bits per heavy atom. The van der Waals surface area contributed by atoms with Crippen LogP contribution in [-0.2, 0) is 6.42 Å². The summed E-state index contributed by atoms with van der Waals surface area (Å²) in [5, 5.41) is 8.81. The Morgan fingerprint density at radius 2 is 2.15 bits per heavy atom. The average molecular weight is 171 g/mol. The molecule has 0 saturated heterocycles. The molecule has 2 heteroatoms. The molecule has 0 fully saturated rings. The predicted molar refractivity (Wildman–Crippen MR) is 48.5 cm³/mol. The smallest absolute Gasteiger partial charge is 0.164 e. The zero-order chi connectivity index (χ0) is 9.42. The summed E-state index contributed by atoms with van der Waals surface area (Å²) in [5.74, 6) is 0.121. The summed E-state index contributed by atoms with van der Waals surface area (Å²) < 4.78 is 0. The van der Waals surface area contributed by atoms with E-state index in [0.29, 0.717) is 17.5 Å². The van der Waals surface area contributed by atoms with Crippen LogP contribution in [0.5, 0.6) is 0 Å². The lowest BCUT2D eigenvalue weighted by Gasteiger charge is -2.03. The van der Waals surface area contributed by atoms with Gasteiger partial charge in [-0.3, -0.25) is 4.79 Å². The molecule has 0 aliphatic heterocycles. The number of hydrogen-bond acceptors (Lipinski definition) is 2. The largest absolute Gasteiger partial charge is 0.294 e. The highest BCUT2D eigenvalue weighted by Crippen LogP contribution is 2.27. The average Bonchev–Trinajstić information content (AvgIpc) is 2.51. The van der Waals surface area contributed by atoms with E-state index in [1.807, 2.05) is 13.0 Å². The van der Waals surface area contributed by atoms with Crippen LogP contribution >= 0.6 is 0 Å². The van der Waals surface area contributed by atoms with E-state index < -0.39 is 0 Å². The maximum Gasteiger partial charge on any atom is 0.164 e. The molecule has 0 radical (unpaired) electrons. The molecule has 0 aromatic heterocycles. The van der Waals surface area contributed by atoms with Crippen LogP contribution in [0.15, 0.2) is 12.1 Å². The summed E-state index contributed by atoms with van der Waals surface area (Å²) in [6.45, 7) is 1.98. The van der Waals surface area contributed by atoms with Gasteiger partial charge < -0.3 is 0 Å². The topological polar surface area (TPSA) is 40.9 Å². The number of carbonyl (C=O) groups is 1. The van der Waals surface area contributed by atoms with Crippen molar-refractivity contribution in [2.45, 2.75) is 19.8 Å². The molecule has 0 bridgehead atoms. The van der Waals surface area contributed by atoms with Gasteiger partial charge in [0.25, 0.3) is 0 Å². The minimum absolute atomic E-state index is 0.121. The van der Waals surface area contributed by atoms with Gasteiger partial charge in [-0.25, -0.2) is 0 Å². The molecular formula is C11H9NO. The van der Waals surface area contributed by atoms with Gasteiger partial charge in [-0.1, -0.05) is 6.07 Å². The van der Waals surface area contributed by atoms with Crippen LogP contribution < -0.4 is 0 Å². The van der Waals surface area contributed by atoms with Gasteiger partial charge in [-0.05, 0) is 30.5 Å². The van der Waals surface area contributed by atoms with Crippen LogP contribution in [-0.4, -0.2) is 5.78 Å². The van der Waals surface area contributed by atoms with Crippen molar-refractivity contribution >= 4 is 5.78 Å². The number of rotatable bonds is 0. The molecular weight excluding hydrogens is 162 g/mol. The number of aryl methyl sites for hydroxylation is 1. The van der Waals surface area contributed by atoms with E-state index in [4.69, 9.17) is 5.26 Å². The normalized spacial score (nSPS) is 14.0. The third kappa shape index (κ3) is 1.05. The van der Waals surface area contributed by atoms with Gasteiger partial charge >= 0.3 is 0 Å². The molecule has 1 aliphatic carbocycles. The van der Waals surface area contributed by atoms with Crippen molar-refractivity contribution < 1.29 is 4.79 Å². The summed E-state index contributed by atoms with van der Waals surface area (Å²) in [6.07, 6.45) is 1.37. The van der Waals surface area contributed by atoms with Crippen LogP contribution in [0.2, 0.25) is 0 Å². The van der Waals surface area contributed by atoms with E-state index >= 15 is 0 Å². The minimum Gasteiger partial charge on any atom is -0.294 e. The Labute approximate surface area is 76.8 Å². The van der Waals surface area contributed by atoms with Gasteiger partial charge in [0.05, 0.1) is 11.6 Å². The van der Waals surface area contributed by atoms with Crippen molar-refractivity contribution in [2.24, 2.45) is 0 Å². The van der Waals surface area contributed by atoms with E-state index in [0.717, 1.165) is 17.5 Å². The van der Waals surface area contributed by atoms with Crippen molar-refractivity contribution in [1.29, 1.82) is 5.26 Å². The number of hydrogen-bond donors (Lipinski definition) is 0. The zero-order valence-electron chi connectivity index (χ0n) is 7.42. The van der Waals surface area contributed by atoms with Gasteiger partial charge in [0.1, 0.15) is 0 Å². The Hall–Kier alpha value is -1.62. The summed E-state index contributed by atoms with van der Waals surface area (Å²) in [6, 6.07) is 5.71. The number of nitriles is 1. The maximum absolute atomic E-state index is 11.4. The first-order chi connectivity index (χ1) is 6.24. The van der Waals surface area contributed by atoms with E-state index in [2.05, 4.69) is 6.07 Å². The fourth-order valence-corrected chi connectivity index (χ4v) is 1.85.